The van der Waals surface area contributed by atoms with Gasteiger partial charge in [0.2, 0.25) is 0 Å². The van der Waals surface area contributed by atoms with Crippen LogP contribution in [0.15, 0.2) is 12.1 Å². The predicted molar refractivity (Wildman–Crippen MR) is 76.7 cm³/mol. The largest absolute Gasteiger partial charge is 0.375 e. The standard InChI is InChI=1S/C16H22N2O2/c1-10-4-7-13(17-11(10)2)15(19)18-16(3)8-9-20-14(16)12-5-6-12/h4,7,12,14H,5-6,8-9H2,1-3H3,(H,18,19). The molecule has 4 heteroatoms. The highest BCUT2D eigenvalue weighted by Gasteiger charge is 2.49. The van der Waals surface area contributed by atoms with Crippen LogP contribution < -0.4 is 5.32 Å². The van der Waals surface area contributed by atoms with Crippen molar-refractivity contribution in [2.24, 2.45) is 5.92 Å². The van der Waals surface area contributed by atoms with E-state index in [0.29, 0.717) is 11.6 Å². The van der Waals surface area contributed by atoms with Gasteiger partial charge in [0.15, 0.2) is 0 Å². The van der Waals surface area contributed by atoms with E-state index in [-0.39, 0.29) is 17.6 Å². The van der Waals surface area contributed by atoms with E-state index in [1.165, 1.54) is 12.8 Å². The molecule has 2 aliphatic rings. The number of hydrogen-bond acceptors (Lipinski definition) is 3. The van der Waals surface area contributed by atoms with Gasteiger partial charge in [0, 0.05) is 12.3 Å². The van der Waals surface area contributed by atoms with Crippen LogP contribution >= 0.6 is 0 Å². The zero-order valence-corrected chi connectivity index (χ0v) is 12.4. The average Bonchev–Trinajstić information content (AvgIpc) is 3.16. The summed E-state index contributed by atoms with van der Waals surface area (Å²) in [4.78, 5) is 16.8. The fourth-order valence-electron chi connectivity index (χ4n) is 2.99. The van der Waals surface area contributed by atoms with Crippen LogP contribution in [-0.2, 0) is 4.74 Å². The molecule has 1 amide bonds. The van der Waals surface area contributed by atoms with E-state index in [9.17, 15) is 4.79 Å². The number of ether oxygens (including phenoxy) is 1. The van der Waals surface area contributed by atoms with Crippen molar-refractivity contribution in [3.8, 4) is 0 Å². The van der Waals surface area contributed by atoms with Gasteiger partial charge in [-0.25, -0.2) is 4.98 Å². The molecule has 2 atom stereocenters. The maximum Gasteiger partial charge on any atom is 0.270 e. The van der Waals surface area contributed by atoms with Gasteiger partial charge in [0.25, 0.3) is 5.91 Å². The molecule has 1 aliphatic carbocycles. The van der Waals surface area contributed by atoms with Crippen LogP contribution in [0.1, 0.15) is 47.9 Å². The Morgan fingerprint density at radius 3 is 2.80 bits per heavy atom. The van der Waals surface area contributed by atoms with Crippen molar-refractivity contribution < 1.29 is 9.53 Å². The van der Waals surface area contributed by atoms with Gasteiger partial charge in [-0.3, -0.25) is 4.79 Å². The second kappa shape index (κ2) is 4.85. The number of rotatable bonds is 3. The zero-order valence-electron chi connectivity index (χ0n) is 12.4. The number of pyridine rings is 1. The molecule has 1 aromatic rings. The summed E-state index contributed by atoms with van der Waals surface area (Å²) < 4.78 is 5.84. The van der Waals surface area contributed by atoms with Gasteiger partial charge >= 0.3 is 0 Å². The molecule has 1 aliphatic heterocycles. The highest BCUT2D eigenvalue weighted by Crippen LogP contribution is 2.43. The van der Waals surface area contributed by atoms with Crippen LogP contribution in [0, 0.1) is 19.8 Å². The normalized spacial score (nSPS) is 29.4. The van der Waals surface area contributed by atoms with Gasteiger partial charge < -0.3 is 10.1 Å². The number of carbonyl (C=O) groups is 1. The molecule has 20 heavy (non-hydrogen) atoms. The van der Waals surface area contributed by atoms with Gasteiger partial charge in [0.05, 0.1) is 11.6 Å². The predicted octanol–water partition coefficient (Wildman–Crippen LogP) is 2.39. The third-order valence-electron chi connectivity index (χ3n) is 4.58. The molecule has 1 N–H and O–H groups in total. The molecule has 1 aromatic heterocycles. The molecular weight excluding hydrogens is 252 g/mol. The Morgan fingerprint density at radius 1 is 1.40 bits per heavy atom. The van der Waals surface area contributed by atoms with Gasteiger partial charge in [-0.05, 0) is 57.6 Å². The lowest BCUT2D eigenvalue weighted by atomic mass is 9.90. The second-order valence-corrected chi connectivity index (χ2v) is 6.35. The Morgan fingerprint density at radius 2 is 2.15 bits per heavy atom. The Labute approximate surface area is 119 Å². The van der Waals surface area contributed by atoms with E-state index in [1.807, 2.05) is 19.9 Å². The molecule has 2 unspecified atom stereocenters. The summed E-state index contributed by atoms with van der Waals surface area (Å²) in [6.07, 6.45) is 3.49. The summed E-state index contributed by atoms with van der Waals surface area (Å²) in [5.74, 6) is 0.530. The van der Waals surface area contributed by atoms with Crippen molar-refractivity contribution >= 4 is 5.91 Å². The molecule has 1 saturated carbocycles. The van der Waals surface area contributed by atoms with Crippen molar-refractivity contribution in [1.82, 2.24) is 10.3 Å². The third kappa shape index (κ3) is 2.44. The maximum atomic E-state index is 12.4. The first-order chi connectivity index (χ1) is 9.49. The first-order valence-corrected chi connectivity index (χ1v) is 7.38. The minimum Gasteiger partial charge on any atom is -0.375 e. The van der Waals surface area contributed by atoms with Crippen LogP contribution in [0.4, 0.5) is 0 Å². The van der Waals surface area contributed by atoms with Crippen LogP contribution in [0.2, 0.25) is 0 Å². The fourth-order valence-corrected chi connectivity index (χ4v) is 2.99. The number of nitrogens with zero attached hydrogens (tertiary/aromatic N) is 1. The Hall–Kier alpha value is -1.42. The van der Waals surface area contributed by atoms with Crippen molar-refractivity contribution in [2.45, 2.75) is 51.7 Å². The van der Waals surface area contributed by atoms with E-state index < -0.39 is 0 Å². The third-order valence-corrected chi connectivity index (χ3v) is 4.58. The number of aryl methyl sites for hydroxylation is 2. The smallest absolute Gasteiger partial charge is 0.270 e. The fraction of sp³-hybridized carbons (Fsp3) is 0.625. The van der Waals surface area contributed by atoms with Crippen LogP contribution in [-0.4, -0.2) is 29.1 Å². The first-order valence-electron chi connectivity index (χ1n) is 7.38. The summed E-state index contributed by atoms with van der Waals surface area (Å²) in [5.41, 5.74) is 2.26. The average molecular weight is 274 g/mol. The highest BCUT2D eigenvalue weighted by molar-refractivity contribution is 5.93. The molecule has 2 heterocycles. The molecule has 0 bridgehead atoms. The lowest BCUT2D eigenvalue weighted by molar-refractivity contribution is 0.0512. The minimum atomic E-state index is -0.251. The quantitative estimate of drug-likeness (QED) is 0.920. The monoisotopic (exact) mass is 274 g/mol. The summed E-state index contributed by atoms with van der Waals surface area (Å²) >= 11 is 0. The molecule has 2 fully saturated rings. The van der Waals surface area contributed by atoms with Crippen LogP contribution in [0.25, 0.3) is 0 Å². The lowest BCUT2D eigenvalue weighted by Gasteiger charge is -2.31. The van der Waals surface area contributed by atoms with Crippen molar-refractivity contribution in [2.75, 3.05) is 6.61 Å². The first kappa shape index (κ1) is 13.6. The van der Waals surface area contributed by atoms with Gasteiger partial charge in [-0.1, -0.05) is 6.07 Å². The number of carbonyl (C=O) groups excluding carboxylic acids is 1. The number of hydrogen-bond donors (Lipinski definition) is 1. The van der Waals surface area contributed by atoms with Gasteiger partial charge in [0.1, 0.15) is 5.69 Å². The van der Waals surface area contributed by atoms with E-state index in [4.69, 9.17) is 4.74 Å². The molecule has 0 radical (unpaired) electrons. The maximum absolute atomic E-state index is 12.4. The summed E-state index contributed by atoms with van der Waals surface area (Å²) in [7, 11) is 0. The molecule has 0 spiro atoms. The molecule has 4 nitrogen and oxygen atoms in total. The molecule has 3 rings (SSSR count). The summed E-state index contributed by atoms with van der Waals surface area (Å²) in [6, 6.07) is 3.74. The van der Waals surface area contributed by atoms with Crippen molar-refractivity contribution in [1.29, 1.82) is 0 Å². The van der Waals surface area contributed by atoms with E-state index in [0.717, 1.165) is 24.3 Å². The molecule has 0 aromatic carbocycles. The Bertz CT molecular complexity index is 539. The topological polar surface area (TPSA) is 51.2 Å². The minimum absolute atomic E-state index is 0.0910. The number of nitrogens with one attached hydrogen (secondary N) is 1. The Balaban J connectivity index is 1.75. The SMILES string of the molecule is Cc1ccc(C(=O)NC2(C)CCOC2C2CC2)nc1C. The number of amides is 1. The summed E-state index contributed by atoms with van der Waals surface area (Å²) in [5, 5.41) is 3.16. The van der Waals surface area contributed by atoms with Gasteiger partial charge in [-0.2, -0.15) is 0 Å². The molecule has 1 saturated heterocycles. The highest BCUT2D eigenvalue weighted by atomic mass is 16.5. The Kier molecular flexibility index (Phi) is 3.28. The van der Waals surface area contributed by atoms with Crippen LogP contribution in [0.5, 0.6) is 0 Å². The van der Waals surface area contributed by atoms with E-state index in [1.54, 1.807) is 6.07 Å². The van der Waals surface area contributed by atoms with Crippen molar-refractivity contribution in [3.63, 3.8) is 0 Å². The van der Waals surface area contributed by atoms with Gasteiger partial charge in [-0.15, -0.1) is 0 Å². The molecular formula is C16H22N2O2. The van der Waals surface area contributed by atoms with E-state index >= 15 is 0 Å². The van der Waals surface area contributed by atoms with E-state index in [2.05, 4.69) is 17.2 Å². The molecule has 108 valence electrons. The summed E-state index contributed by atoms with van der Waals surface area (Å²) in [6.45, 7) is 6.76. The number of aromatic nitrogens is 1. The zero-order chi connectivity index (χ0) is 14.3. The van der Waals surface area contributed by atoms with Crippen LogP contribution in [0.3, 0.4) is 0 Å². The van der Waals surface area contributed by atoms with Crippen molar-refractivity contribution in [3.05, 3.63) is 29.1 Å². The second-order valence-electron chi connectivity index (χ2n) is 6.35. The lowest BCUT2D eigenvalue weighted by Crippen LogP contribution is -2.52.